The van der Waals surface area contributed by atoms with Gasteiger partial charge < -0.3 is 14.2 Å². The van der Waals surface area contributed by atoms with Crippen molar-refractivity contribution in [3.05, 3.63) is 58.7 Å². The van der Waals surface area contributed by atoms with E-state index < -0.39 is 16.2 Å². The lowest BCUT2D eigenvalue weighted by molar-refractivity contribution is -0.143. The van der Waals surface area contributed by atoms with Gasteiger partial charge in [-0.15, -0.1) is 0 Å². The van der Waals surface area contributed by atoms with E-state index in [9.17, 15) is 14.4 Å². The molecule has 0 aliphatic rings. The Bertz CT molecular complexity index is 1300. The molecule has 0 spiro atoms. The number of carbonyl (C=O) groups is 3. The Morgan fingerprint density at radius 1 is 0.707 bits per heavy atom. The van der Waals surface area contributed by atoms with Crippen LogP contribution in [0.3, 0.4) is 0 Å². The van der Waals surface area contributed by atoms with Crippen molar-refractivity contribution in [1.29, 1.82) is 0 Å². The van der Waals surface area contributed by atoms with Gasteiger partial charge in [-0.05, 0) is 102 Å². The Labute approximate surface area is 246 Å². The molecule has 0 heterocycles. The molecule has 0 aliphatic heterocycles. The average Bonchev–Trinajstić information content (AvgIpc) is 2.81. The van der Waals surface area contributed by atoms with Crippen molar-refractivity contribution in [2.24, 2.45) is 10.8 Å². The average molecular weight is 565 g/mol. The lowest BCUT2D eigenvalue weighted by Gasteiger charge is -2.33. The van der Waals surface area contributed by atoms with Gasteiger partial charge in [0.15, 0.2) is 5.78 Å². The Morgan fingerprint density at radius 3 is 1.66 bits per heavy atom. The van der Waals surface area contributed by atoms with Crippen molar-refractivity contribution in [3.63, 3.8) is 0 Å². The molecule has 2 aromatic rings. The second-order valence-electron chi connectivity index (χ2n) is 14.5. The predicted molar refractivity (Wildman–Crippen MR) is 165 cm³/mol. The zero-order valence-electron chi connectivity index (χ0n) is 27.2. The van der Waals surface area contributed by atoms with Crippen LogP contribution < -0.4 is 14.2 Å². The van der Waals surface area contributed by atoms with Crippen LogP contribution >= 0.6 is 0 Å². The molecule has 2 rings (SSSR count). The zero-order chi connectivity index (χ0) is 31.6. The Balaban J connectivity index is 2.63. The van der Waals surface area contributed by atoms with E-state index in [0.29, 0.717) is 29.4 Å². The second kappa shape index (κ2) is 12.2. The molecule has 2 aromatic carbocycles. The Kier molecular flexibility index (Phi) is 10.1. The lowest BCUT2D eigenvalue weighted by atomic mass is 9.77. The minimum absolute atomic E-state index is 0.209. The molecule has 0 radical (unpaired) electrons. The first-order valence-electron chi connectivity index (χ1n) is 14.2. The minimum Gasteiger partial charge on any atom is -0.493 e. The fourth-order valence-electron chi connectivity index (χ4n) is 3.89. The number of ether oxygens (including phenoxy) is 3. The Morgan fingerprint density at radius 2 is 1.22 bits per heavy atom. The van der Waals surface area contributed by atoms with Crippen LogP contribution in [0.5, 0.6) is 17.2 Å². The quantitative estimate of drug-likeness (QED) is 0.145. The lowest BCUT2D eigenvalue weighted by Crippen LogP contribution is -2.29. The van der Waals surface area contributed by atoms with Crippen LogP contribution in [0, 0.1) is 10.8 Å². The van der Waals surface area contributed by atoms with Gasteiger partial charge in [-0.3, -0.25) is 14.4 Å². The fourth-order valence-corrected chi connectivity index (χ4v) is 3.89. The maximum atomic E-state index is 13.2. The maximum Gasteiger partial charge on any atom is 0.316 e. The van der Waals surface area contributed by atoms with E-state index in [1.165, 1.54) is 6.08 Å². The predicted octanol–water partition coefficient (Wildman–Crippen LogP) is 8.48. The van der Waals surface area contributed by atoms with Crippen LogP contribution in [-0.2, 0) is 20.4 Å². The van der Waals surface area contributed by atoms with Crippen LogP contribution in [0.2, 0.25) is 0 Å². The highest BCUT2D eigenvalue weighted by Crippen LogP contribution is 2.48. The van der Waals surface area contributed by atoms with Crippen LogP contribution in [0.4, 0.5) is 0 Å². The van der Waals surface area contributed by atoms with Crippen LogP contribution in [-0.4, -0.2) is 24.3 Å². The number of ketones is 1. The topological polar surface area (TPSA) is 78.9 Å². The van der Waals surface area contributed by atoms with E-state index in [-0.39, 0.29) is 23.1 Å². The van der Waals surface area contributed by atoms with E-state index in [2.05, 4.69) is 41.5 Å². The first kappa shape index (κ1) is 33.8. The summed E-state index contributed by atoms with van der Waals surface area (Å²) in [4.78, 5) is 38.4. The highest BCUT2D eigenvalue weighted by atomic mass is 16.5. The largest absolute Gasteiger partial charge is 0.493 e. The zero-order valence-corrected chi connectivity index (χ0v) is 27.2. The van der Waals surface area contributed by atoms with Crippen LogP contribution in [0.15, 0.2) is 36.4 Å². The number of benzene rings is 2. The fraction of sp³-hybridized carbons (Fsp3) is 0.514. The molecular weight excluding hydrogens is 516 g/mol. The third-order valence-electron chi connectivity index (χ3n) is 6.29. The summed E-state index contributed by atoms with van der Waals surface area (Å²) in [6.07, 6.45) is 3.26. The molecule has 0 unspecified atom stereocenters. The third kappa shape index (κ3) is 8.79. The van der Waals surface area contributed by atoms with Gasteiger partial charge in [-0.25, -0.2) is 0 Å². The van der Waals surface area contributed by atoms with E-state index in [0.717, 1.165) is 16.7 Å². The van der Waals surface area contributed by atoms with Crippen LogP contribution in [0.1, 0.15) is 117 Å². The number of allylic oxidation sites excluding steroid dienone is 1. The summed E-state index contributed by atoms with van der Waals surface area (Å²) in [6.45, 7) is 25.5. The molecule has 0 aromatic heterocycles. The van der Waals surface area contributed by atoms with Gasteiger partial charge in [0.25, 0.3) is 0 Å². The van der Waals surface area contributed by atoms with Crippen LogP contribution in [0.25, 0.3) is 6.08 Å². The molecular formula is C35H48O6. The summed E-state index contributed by atoms with van der Waals surface area (Å²) in [7, 11) is 0. The summed E-state index contributed by atoms with van der Waals surface area (Å²) in [6, 6.07) is 8.45. The van der Waals surface area contributed by atoms with Crippen molar-refractivity contribution >= 4 is 23.8 Å². The van der Waals surface area contributed by atoms with Gasteiger partial charge in [0, 0.05) is 22.3 Å². The second-order valence-corrected chi connectivity index (χ2v) is 14.5. The monoisotopic (exact) mass is 564 g/mol. The number of hydrogen-bond acceptors (Lipinski definition) is 6. The van der Waals surface area contributed by atoms with Crippen molar-refractivity contribution in [1.82, 2.24) is 0 Å². The molecule has 41 heavy (non-hydrogen) atoms. The number of esters is 2. The molecule has 0 saturated carbocycles. The van der Waals surface area contributed by atoms with Gasteiger partial charge in [0.05, 0.1) is 17.4 Å². The van der Waals surface area contributed by atoms with Gasteiger partial charge in [0.2, 0.25) is 0 Å². The summed E-state index contributed by atoms with van der Waals surface area (Å²) in [5, 5.41) is 0. The molecule has 6 heteroatoms. The van der Waals surface area contributed by atoms with Gasteiger partial charge >= 0.3 is 11.9 Å². The van der Waals surface area contributed by atoms with Crippen molar-refractivity contribution in [2.45, 2.75) is 101 Å². The molecule has 0 aliphatic carbocycles. The summed E-state index contributed by atoms with van der Waals surface area (Å²) in [5.74, 6) is 0.593. The SMILES string of the molecule is CCOc1c(/C=C/C(=O)c2ccc(OC(=O)C(C)(C)C)cc2)cc(C(C)(C)C)c(OC(=O)C(C)(C)C)c1C(C)(C)C. The number of hydrogen-bond donors (Lipinski definition) is 0. The standard InChI is InChI=1S/C35H48O6/c1-14-39-28-23(17-20-26(36)22-15-18-24(19-16-22)40-30(37)34(8,9)10)21-25(32(2,3)4)29(27(28)33(5,6)7)41-31(38)35(11,12)13/h15-21H,14H2,1-13H3/b20-17+. The van der Waals surface area contributed by atoms with Crippen molar-refractivity contribution in [3.8, 4) is 17.2 Å². The van der Waals surface area contributed by atoms with Gasteiger partial charge in [-0.1, -0.05) is 41.5 Å². The van der Waals surface area contributed by atoms with Gasteiger partial charge in [0.1, 0.15) is 17.2 Å². The third-order valence-corrected chi connectivity index (χ3v) is 6.29. The minimum atomic E-state index is -0.693. The van der Waals surface area contributed by atoms with E-state index in [1.807, 2.05) is 33.8 Å². The first-order valence-corrected chi connectivity index (χ1v) is 14.2. The molecule has 0 amide bonds. The summed E-state index contributed by atoms with van der Waals surface area (Å²) >= 11 is 0. The first-order chi connectivity index (χ1) is 18.6. The van der Waals surface area contributed by atoms with Crippen molar-refractivity contribution < 1.29 is 28.6 Å². The smallest absolute Gasteiger partial charge is 0.316 e. The number of rotatable bonds is 7. The highest BCUT2D eigenvalue weighted by Gasteiger charge is 2.35. The molecule has 6 nitrogen and oxygen atoms in total. The van der Waals surface area contributed by atoms with Gasteiger partial charge in [-0.2, -0.15) is 0 Å². The molecule has 0 N–H and O–H groups in total. The molecule has 224 valence electrons. The molecule has 0 saturated heterocycles. The Hall–Kier alpha value is -3.41. The number of carbonyl (C=O) groups excluding carboxylic acids is 3. The normalized spacial score (nSPS) is 12.8. The maximum absolute atomic E-state index is 13.2. The molecule has 0 bridgehead atoms. The highest BCUT2D eigenvalue weighted by molar-refractivity contribution is 6.07. The summed E-state index contributed by atoms with van der Waals surface area (Å²) < 4.78 is 17.7. The molecule has 0 atom stereocenters. The van der Waals surface area contributed by atoms with E-state index >= 15 is 0 Å². The summed E-state index contributed by atoms with van der Waals surface area (Å²) in [5.41, 5.74) is 0.675. The van der Waals surface area contributed by atoms with Crippen molar-refractivity contribution in [2.75, 3.05) is 6.61 Å². The van der Waals surface area contributed by atoms with E-state index in [1.54, 1.807) is 51.1 Å². The van der Waals surface area contributed by atoms with E-state index in [4.69, 9.17) is 14.2 Å². The molecule has 0 fully saturated rings.